The zero-order chi connectivity index (χ0) is 30.2. The smallest absolute Gasteiger partial charge is 0.333 e. The number of H-pyrrole nitrogens is 1. The molecular formula is C33H40N4O6. The highest BCUT2D eigenvalue weighted by molar-refractivity contribution is 5.93. The molecule has 2 aliphatic rings. The molecule has 1 aromatic heterocycles. The quantitative estimate of drug-likeness (QED) is 0.105. The van der Waals surface area contributed by atoms with Crippen LogP contribution in [0, 0.1) is 0 Å². The van der Waals surface area contributed by atoms with E-state index in [2.05, 4.69) is 10.3 Å². The molecule has 228 valence electrons. The maximum atomic E-state index is 14.0. The van der Waals surface area contributed by atoms with Gasteiger partial charge in [0.05, 0.1) is 6.54 Å². The number of carbonyl (C=O) groups excluding carboxylic acids is 4. The highest BCUT2D eigenvalue weighted by atomic mass is 16.5. The van der Waals surface area contributed by atoms with E-state index in [0.29, 0.717) is 24.8 Å². The van der Waals surface area contributed by atoms with Crippen molar-refractivity contribution in [3.05, 3.63) is 71.4 Å². The average molecular weight is 589 g/mol. The van der Waals surface area contributed by atoms with Crippen LogP contribution in [-0.4, -0.2) is 50.9 Å². The molecule has 2 aromatic carbocycles. The van der Waals surface area contributed by atoms with Crippen molar-refractivity contribution in [3.63, 3.8) is 0 Å². The minimum Gasteiger partial charge on any atom is -0.461 e. The molecule has 10 nitrogen and oxygen atoms in total. The van der Waals surface area contributed by atoms with Crippen molar-refractivity contribution in [3.8, 4) is 0 Å². The summed E-state index contributed by atoms with van der Waals surface area (Å²) in [6.45, 7) is 0.264. The van der Waals surface area contributed by atoms with E-state index in [1.807, 2.05) is 42.5 Å². The van der Waals surface area contributed by atoms with E-state index in [0.717, 1.165) is 60.7 Å². The lowest BCUT2D eigenvalue weighted by Crippen LogP contribution is -2.53. The van der Waals surface area contributed by atoms with E-state index in [9.17, 15) is 19.2 Å². The Morgan fingerprint density at radius 3 is 2.37 bits per heavy atom. The molecule has 4 N–H and O–H groups in total. The third kappa shape index (κ3) is 7.43. The van der Waals surface area contributed by atoms with E-state index in [-0.39, 0.29) is 31.4 Å². The Hall–Kier alpha value is -4.18. The molecule has 2 atom stereocenters. The summed E-state index contributed by atoms with van der Waals surface area (Å²) < 4.78 is 5.82. The fraction of sp³-hybridized carbons (Fsp3) is 0.455. The predicted molar refractivity (Wildman–Crippen MR) is 160 cm³/mol. The summed E-state index contributed by atoms with van der Waals surface area (Å²) in [7, 11) is 0. The molecule has 1 aliphatic carbocycles. The molecule has 2 heterocycles. The van der Waals surface area contributed by atoms with E-state index < -0.39 is 29.9 Å². The Morgan fingerprint density at radius 2 is 1.63 bits per heavy atom. The number of carbonyl (C=O) groups is 4. The number of hydrogen-bond donors (Lipinski definition) is 4. The first-order chi connectivity index (χ1) is 20.9. The van der Waals surface area contributed by atoms with Gasteiger partial charge >= 0.3 is 5.97 Å². The van der Waals surface area contributed by atoms with Crippen LogP contribution in [0.25, 0.3) is 10.9 Å². The van der Waals surface area contributed by atoms with Crippen LogP contribution in [0.1, 0.15) is 87.1 Å². The van der Waals surface area contributed by atoms with Gasteiger partial charge in [-0.1, -0.05) is 61.4 Å². The van der Waals surface area contributed by atoms with Crippen molar-refractivity contribution in [2.45, 2.75) is 95.4 Å². The first-order valence-corrected chi connectivity index (χ1v) is 15.3. The SMILES string of the molecule is O=C(CCCCCCC(=O)N1Cc2[nH]c3ccccc3c2C[C@H]1C(=O)N[C@H](C(=O)OC1CCCC1)c1ccccc1)NO. The molecule has 0 saturated heterocycles. The van der Waals surface area contributed by atoms with Crippen LogP contribution in [-0.2, 0) is 36.9 Å². The molecule has 1 fully saturated rings. The lowest BCUT2D eigenvalue weighted by Gasteiger charge is -2.36. The first kappa shape index (κ1) is 30.3. The Bertz CT molecular complexity index is 1430. The van der Waals surface area contributed by atoms with E-state index in [4.69, 9.17) is 9.94 Å². The number of aromatic nitrogens is 1. The summed E-state index contributed by atoms with van der Waals surface area (Å²) in [5, 5.41) is 12.6. The van der Waals surface area contributed by atoms with Crippen molar-refractivity contribution in [2.75, 3.05) is 0 Å². The largest absolute Gasteiger partial charge is 0.461 e. The van der Waals surface area contributed by atoms with Crippen LogP contribution >= 0.6 is 0 Å². The lowest BCUT2D eigenvalue weighted by molar-refractivity contribution is -0.154. The summed E-state index contributed by atoms with van der Waals surface area (Å²) in [6.07, 6.45) is 7.08. The Balaban J connectivity index is 1.33. The third-order valence-electron chi connectivity index (χ3n) is 8.54. The highest BCUT2D eigenvalue weighted by Gasteiger charge is 2.38. The topological polar surface area (TPSA) is 141 Å². The monoisotopic (exact) mass is 588 g/mol. The maximum Gasteiger partial charge on any atom is 0.333 e. The number of fused-ring (bicyclic) bond motifs is 3. The summed E-state index contributed by atoms with van der Waals surface area (Å²) in [6, 6.07) is 15.2. The van der Waals surface area contributed by atoms with Gasteiger partial charge in [0.15, 0.2) is 6.04 Å². The van der Waals surface area contributed by atoms with Crippen molar-refractivity contribution >= 4 is 34.6 Å². The van der Waals surface area contributed by atoms with Gasteiger partial charge < -0.3 is 19.9 Å². The number of rotatable bonds is 12. The number of benzene rings is 2. The highest BCUT2D eigenvalue weighted by Crippen LogP contribution is 2.32. The second kappa shape index (κ2) is 14.3. The molecule has 0 spiro atoms. The van der Waals surface area contributed by atoms with Gasteiger partial charge in [0.2, 0.25) is 17.7 Å². The van der Waals surface area contributed by atoms with Gasteiger partial charge in [-0.25, -0.2) is 10.3 Å². The number of hydrogen-bond acceptors (Lipinski definition) is 6. The second-order valence-electron chi connectivity index (χ2n) is 11.5. The molecule has 0 radical (unpaired) electrons. The number of unbranched alkanes of at least 4 members (excludes halogenated alkanes) is 3. The Morgan fingerprint density at radius 1 is 0.930 bits per heavy atom. The Kier molecular flexibility index (Phi) is 10.1. The fourth-order valence-corrected chi connectivity index (χ4v) is 6.22. The minimum absolute atomic E-state index is 0.137. The molecule has 10 heteroatoms. The molecule has 43 heavy (non-hydrogen) atoms. The summed E-state index contributed by atoms with van der Waals surface area (Å²) >= 11 is 0. The van der Waals surface area contributed by atoms with Gasteiger partial charge in [0.1, 0.15) is 12.1 Å². The molecular weight excluding hydrogens is 548 g/mol. The third-order valence-corrected chi connectivity index (χ3v) is 8.54. The van der Waals surface area contributed by atoms with Crippen LogP contribution in [0.4, 0.5) is 0 Å². The van der Waals surface area contributed by atoms with Crippen LogP contribution in [0.2, 0.25) is 0 Å². The van der Waals surface area contributed by atoms with Crippen LogP contribution < -0.4 is 10.8 Å². The zero-order valence-electron chi connectivity index (χ0n) is 24.3. The fourth-order valence-electron chi connectivity index (χ4n) is 6.22. The van der Waals surface area contributed by atoms with E-state index in [1.54, 1.807) is 22.5 Å². The van der Waals surface area contributed by atoms with Crippen LogP contribution in [0.5, 0.6) is 0 Å². The van der Waals surface area contributed by atoms with Crippen molar-refractivity contribution < 1.29 is 29.1 Å². The molecule has 1 saturated carbocycles. The molecule has 1 aliphatic heterocycles. The van der Waals surface area contributed by atoms with Gasteiger partial charge in [-0.15, -0.1) is 0 Å². The first-order valence-electron chi connectivity index (χ1n) is 15.3. The van der Waals surface area contributed by atoms with Crippen LogP contribution in [0.3, 0.4) is 0 Å². The normalized spacial score (nSPS) is 17.3. The van der Waals surface area contributed by atoms with Gasteiger partial charge in [-0.2, -0.15) is 0 Å². The Labute approximate surface area is 251 Å². The standard InChI is InChI=1S/C33H40N4O6/c38-29(36-42)18-6-1-2-7-19-30(39)37-21-27-25(24-16-10-11-17-26(24)34-27)20-28(37)32(40)35-31(22-12-4-3-5-13-22)33(41)43-23-14-8-9-15-23/h3-5,10-13,16-17,23,28,31,34,42H,1-2,6-9,14-15,18-21H2,(H,35,40)(H,36,38)/t28-,31-/m0/s1. The minimum atomic E-state index is -0.980. The number of amides is 3. The van der Waals surface area contributed by atoms with Gasteiger partial charge in [0.25, 0.3) is 0 Å². The van der Waals surface area contributed by atoms with Gasteiger partial charge in [-0.3, -0.25) is 19.6 Å². The van der Waals surface area contributed by atoms with Gasteiger partial charge in [-0.05, 0) is 55.7 Å². The lowest BCUT2D eigenvalue weighted by atomic mass is 9.94. The number of ether oxygens (including phenoxy) is 1. The summed E-state index contributed by atoms with van der Waals surface area (Å²) in [5.41, 5.74) is 5.13. The molecule has 0 bridgehead atoms. The average Bonchev–Trinajstić information content (AvgIpc) is 3.68. The number of hydroxylamine groups is 1. The molecule has 3 amide bonds. The predicted octanol–water partition coefficient (Wildman–Crippen LogP) is 4.61. The summed E-state index contributed by atoms with van der Waals surface area (Å²) in [4.78, 5) is 57.3. The summed E-state index contributed by atoms with van der Waals surface area (Å²) in [5.74, 6) is -1.44. The number of aromatic amines is 1. The molecule has 0 unspecified atom stereocenters. The van der Waals surface area contributed by atoms with Crippen LogP contribution in [0.15, 0.2) is 54.6 Å². The number of esters is 1. The van der Waals surface area contributed by atoms with Gasteiger partial charge in [0, 0.05) is 35.9 Å². The molecule has 3 aromatic rings. The van der Waals surface area contributed by atoms with E-state index in [1.165, 1.54) is 0 Å². The van der Waals surface area contributed by atoms with E-state index >= 15 is 0 Å². The molecule has 5 rings (SSSR count). The van der Waals surface area contributed by atoms with Crippen molar-refractivity contribution in [2.24, 2.45) is 0 Å². The maximum absolute atomic E-state index is 14.0. The number of para-hydroxylation sites is 1. The van der Waals surface area contributed by atoms with Crippen molar-refractivity contribution in [1.82, 2.24) is 20.7 Å². The number of nitrogens with one attached hydrogen (secondary N) is 3. The second-order valence-corrected chi connectivity index (χ2v) is 11.5. The van der Waals surface area contributed by atoms with Crippen molar-refractivity contribution in [1.29, 1.82) is 0 Å². The zero-order valence-corrected chi connectivity index (χ0v) is 24.3. The number of nitrogens with zero attached hydrogens (tertiary/aromatic N) is 1.